The smallest absolute Gasteiger partial charge is 0.274 e. The number of fused-ring (bicyclic) bond motifs is 1. The Labute approximate surface area is 144 Å². The van der Waals surface area contributed by atoms with Crippen molar-refractivity contribution in [3.8, 4) is 28.1 Å². The second-order valence-corrected chi connectivity index (χ2v) is 5.84. The fraction of sp³-hybridized carbons (Fsp3) is 0.100. The van der Waals surface area contributed by atoms with Crippen molar-refractivity contribution in [3.63, 3.8) is 0 Å². The van der Waals surface area contributed by atoms with Crippen molar-refractivity contribution in [2.24, 2.45) is 0 Å². The SMILES string of the molecule is COc1ccc(-c2cc(=O)n3nc(C)c(-c4ccccc4)c3[nH]2)cc1. The van der Waals surface area contributed by atoms with Gasteiger partial charge in [0, 0.05) is 11.6 Å². The molecule has 2 aromatic heterocycles. The Morgan fingerprint density at radius 1 is 1.00 bits per heavy atom. The van der Waals surface area contributed by atoms with Gasteiger partial charge in [0.05, 0.1) is 18.5 Å². The van der Waals surface area contributed by atoms with Crippen LogP contribution in [0.25, 0.3) is 28.0 Å². The van der Waals surface area contributed by atoms with E-state index in [1.807, 2.05) is 61.5 Å². The van der Waals surface area contributed by atoms with Crippen molar-refractivity contribution >= 4 is 5.65 Å². The molecule has 0 aliphatic rings. The van der Waals surface area contributed by atoms with Crippen LogP contribution in [0.3, 0.4) is 0 Å². The van der Waals surface area contributed by atoms with E-state index in [1.54, 1.807) is 13.2 Å². The molecular weight excluding hydrogens is 314 g/mol. The molecule has 2 aromatic carbocycles. The first-order chi connectivity index (χ1) is 12.2. The van der Waals surface area contributed by atoms with Crippen molar-refractivity contribution in [1.82, 2.24) is 14.6 Å². The first-order valence-electron chi connectivity index (χ1n) is 8.00. The van der Waals surface area contributed by atoms with Crippen LogP contribution < -0.4 is 10.3 Å². The minimum absolute atomic E-state index is 0.162. The van der Waals surface area contributed by atoms with Gasteiger partial charge in [-0.3, -0.25) is 4.79 Å². The van der Waals surface area contributed by atoms with Crippen LogP contribution in [0.1, 0.15) is 5.69 Å². The Kier molecular flexibility index (Phi) is 3.61. The number of hydrogen-bond donors (Lipinski definition) is 1. The van der Waals surface area contributed by atoms with E-state index < -0.39 is 0 Å². The van der Waals surface area contributed by atoms with Crippen LogP contribution in [-0.4, -0.2) is 21.7 Å². The van der Waals surface area contributed by atoms with Gasteiger partial charge in [-0.05, 0) is 42.3 Å². The third kappa shape index (κ3) is 2.59. The van der Waals surface area contributed by atoms with Gasteiger partial charge in [-0.25, -0.2) is 0 Å². The molecule has 0 saturated carbocycles. The van der Waals surface area contributed by atoms with Crippen molar-refractivity contribution in [1.29, 1.82) is 0 Å². The summed E-state index contributed by atoms with van der Waals surface area (Å²) in [6, 6.07) is 19.1. The zero-order chi connectivity index (χ0) is 17.4. The fourth-order valence-corrected chi connectivity index (χ4v) is 3.03. The number of methoxy groups -OCH3 is 1. The highest BCUT2D eigenvalue weighted by Gasteiger charge is 2.15. The number of aryl methyl sites for hydroxylation is 1. The number of nitrogens with one attached hydrogen (secondary N) is 1. The molecule has 0 amide bonds. The Hall–Kier alpha value is -3.34. The van der Waals surface area contributed by atoms with Crippen LogP contribution >= 0.6 is 0 Å². The summed E-state index contributed by atoms with van der Waals surface area (Å²) in [4.78, 5) is 15.9. The maximum Gasteiger partial charge on any atom is 0.274 e. The highest BCUT2D eigenvalue weighted by Crippen LogP contribution is 2.28. The van der Waals surface area contributed by atoms with Crippen LogP contribution in [0.2, 0.25) is 0 Å². The summed E-state index contributed by atoms with van der Waals surface area (Å²) in [6.45, 7) is 1.91. The second kappa shape index (κ2) is 5.94. The van der Waals surface area contributed by atoms with Crippen molar-refractivity contribution in [2.75, 3.05) is 7.11 Å². The summed E-state index contributed by atoms with van der Waals surface area (Å²) in [5.41, 5.74) is 4.97. The Balaban J connectivity index is 1.95. The largest absolute Gasteiger partial charge is 0.497 e. The Morgan fingerprint density at radius 2 is 1.72 bits per heavy atom. The number of rotatable bonds is 3. The Morgan fingerprint density at radius 3 is 2.40 bits per heavy atom. The van der Waals surface area contributed by atoms with Crippen LogP contribution in [0.15, 0.2) is 65.5 Å². The monoisotopic (exact) mass is 331 g/mol. The first-order valence-corrected chi connectivity index (χ1v) is 8.00. The summed E-state index contributed by atoms with van der Waals surface area (Å²) < 4.78 is 6.61. The van der Waals surface area contributed by atoms with E-state index in [1.165, 1.54) is 4.52 Å². The van der Waals surface area contributed by atoms with Crippen molar-refractivity contribution in [2.45, 2.75) is 6.92 Å². The van der Waals surface area contributed by atoms with Gasteiger partial charge >= 0.3 is 0 Å². The van der Waals surface area contributed by atoms with Crippen LogP contribution in [0.4, 0.5) is 0 Å². The molecule has 0 bridgehead atoms. The molecule has 5 nitrogen and oxygen atoms in total. The molecule has 0 aliphatic carbocycles. The zero-order valence-electron chi connectivity index (χ0n) is 14.0. The van der Waals surface area contributed by atoms with Gasteiger partial charge in [0.25, 0.3) is 5.56 Å². The highest BCUT2D eigenvalue weighted by atomic mass is 16.5. The third-order valence-corrected chi connectivity index (χ3v) is 4.25. The summed E-state index contributed by atoms with van der Waals surface area (Å²) in [5.74, 6) is 0.775. The standard InChI is InChI=1S/C20H17N3O2/c1-13-19(15-6-4-3-5-7-15)20-21-17(12-18(24)23(20)22-13)14-8-10-16(25-2)11-9-14/h3-12,21H,1-2H3. The average Bonchev–Trinajstić information content (AvgIpc) is 2.99. The van der Waals surface area contributed by atoms with Gasteiger partial charge in [-0.15, -0.1) is 0 Å². The van der Waals surface area contributed by atoms with Gasteiger partial charge in [-0.2, -0.15) is 9.61 Å². The van der Waals surface area contributed by atoms with E-state index in [9.17, 15) is 4.79 Å². The van der Waals surface area contributed by atoms with E-state index in [4.69, 9.17) is 4.74 Å². The number of H-pyrrole nitrogens is 1. The minimum Gasteiger partial charge on any atom is -0.497 e. The average molecular weight is 331 g/mol. The van der Waals surface area contributed by atoms with E-state index in [2.05, 4.69) is 10.1 Å². The highest BCUT2D eigenvalue weighted by molar-refractivity contribution is 5.81. The second-order valence-electron chi connectivity index (χ2n) is 5.84. The van der Waals surface area contributed by atoms with Gasteiger partial charge in [0.1, 0.15) is 11.4 Å². The molecule has 0 aliphatic heterocycles. The summed E-state index contributed by atoms with van der Waals surface area (Å²) in [5, 5.41) is 4.40. The number of hydrogen-bond acceptors (Lipinski definition) is 3. The maximum absolute atomic E-state index is 12.5. The summed E-state index contributed by atoms with van der Waals surface area (Å²) in [7, 11) is 1.63. The molecule has 25 heavy (non-hydrogen) atoms. The fourth-order valence-electron chi connectivity index (χ4n) is 3.03. The normalized spacial score (nSPS) is 11.0. The molecule has 0 unspecified atom stereocenters. The molecular formula is C20H17N3O2. The van der Waals surface area contributed by atoms with Crippen LogP contribution in [0.5, 0.6) is 5.75 Å². The van der Waals surface area contributed by atoms with Gasteiger partial charge in [-0.1, -0.05) is 30.3 Å². The molecule has 4 aromatic rings. The number of ether oxygens (including phenoxy) is 1. The number of aromatic nitrogens is 3. The maximum atomic E-state index is 12.5. The van der Waals surface area contributed by atoms with Gasteiger partial charge < -0.3 is 9.72 Å². The van der Waals surface area contributed by atoms with Crippen molar-refractivity contribution < 1.29 is 4.74 Å². The first kappa shape index (κ1) is 15.2. The van der Waals surface area contributed by atoms with Gasteiger partial charge in [0.15, 0.2) is 0 Å². The van der Waals surface area contributed by atoms with E-state index in [-0.39, 0.29) is 5.56 Å². The van der Waals surface area contributed by atoms with E-state index in [0.29, 0.717) is 5.65 Å². The third-order valence-electron chi connectivity index (χ3n) is 4.25. The molecule has 5 heteroatoms. The molecule has 2 heterocycles. The van der Waals surface area contributed by atoms with Crippen molar-refractivity contribution in [3.05, 3.63) is 76.7 Å². The summed E-state index contributed by atoms with van der Waals surface area (Å²) >= 11 is 0. The van der Waals surface area contributed by atoms with E-state index in [0.717, 1.165) is 33.8 Å². The van der Waals surface area contributed by atoms with Crippen LogP contribution in [-0.2, 0) is 0 Å². The van der Waals surface area contributed by atoms with E-state index >= 15 is 0 Å². The van der Waals surface area contributed by atoms with Crippen LogP contribution in [0, 0.1) is 6.92 Å². The molecule has 0 atom stereocenters. The molecule has 1 N–H and O–H groups in total. The molecule has 4 rings (SSSR count). The Bertz CT molecular complexity index is 1090. The number of aromatic amines is 1. The molecule has 0 radical (unpaired) electrons. The minimum atomic E-state index is -0.162. The predicted octanol–water partition coefficient (Wildman–Crippen LogP) is 3.67. The lowest BCUT2D eigenvalue weighted by atomic mass is 10.1. The van der Waals surface area contributed by atoms with Gasteiger partial charge in [0.2, 0.25) is 0 Å². The summed E-state index contributed by atoms with van der Waals surface area (Å²) in [6.07, 6.45) is 0. The lowest BCUT2D eigenvalue weighted by Gasteiger charge is -2.06. The molecule has 0 saturated heterocycles. The number of nitrogens with zero attached hydrogens (tertiary/aromatic N) is 2. The predicted molar refractivity (Wildman–Crippen MR) is 98.0 cm³/mol. The molecule has 0 spiro atoms. The zero-order valence-corrected chi connectivity index (χ0v) is 14.0. The molecule has 124 valence electrons. The molecule has 0 fully saturated rings. The quantitative estimate of drug-likeness (QED) is 0.623. The topological polar surface area (TPSA) is 59.4 Å². The number of benzene rings is 2. The lowest BCUT2D eigenvalue weighted by molar-refractivity contribution is 0.415. The lowest BCUT2D eigenvalue weighted by Crippen LogP contribution is -2.14.